The SMILES string of the molecule is CC(C)C[C@H](NC(=O)[C@H](Cc1c[nH]c2ccccc12)NC(=O)[C@@H](N)CCC(=O)O)C(=O)N[C@H]([C]=O)CCCNC(=N)N. The highest BCUT2D eigenvalue weighted by atomic mass is 16.4. The molecule has 0 unspecified atom stereocenters. The number of aliphatic carboxylic acids is 1. The Bertz CT molecular complexity index is 1250. The number of benzene rings is 1. The van der Waals surface area contributed by atoms with Crippen molar-refractivity contribution in [3.05, 3.63) is 36.0 Å². The molecule has 1 aromatic heterocycles. The number of carbonyl (C=O) groups excluding carboxylic acids is 4. The van der Waals surface area contributed by atoms with Gasteiger partial charge in [0.1, 0.15) is 12.1 Å². The van der Waals surface area contributed by atoms with Gasteiger partial charge in [-0.25, -0.2) is 0 Å². The number of para-hydroxylation sites is 1. The van der Waals surface area contributed by atoms with Crippen LogP contribution in [-0.2, 0) is 30.4 Å². The van der Waals surface area contributed by atoms with Crippen molar-refractivity contribution >= 4 is 46.8 Å². The van der Waals surface area contributed by atoms with E-state index in [2.05, 4.69) is 26.3 Å². The summed E-state index contributed by atoms with van der Waals surface area (Å²) in [5, 5.41) is 27.5. The van der Waals surface area contributed by atoms with E-state index in [4.69, 9.17) is 22.0 Å². The number of hydrogen-bond donors (Lipinski definition) is 9. The number of guanidine groups is 1. The number of carboxylic acids is 1. The summed E-state index contributed by atoms with van der Waals surface area (Å²) in [6.07, 6.45) is 4.07. The summed E-state index contributed by atoms with van der Waals surface area (Å²) in [4.78, 5) is 65.2. The molecule has 229 valence electrons. The van der Waals surface area contributed by atoms with Crippen molar-refractivity contribution in [2.45, 2.75) is 76.5 Å². The Labute approximate surface area is 244 Å². The smallest absolute Gasteiger partial charge is 0.303 e. The third kappa shape index (κ3) is 11.2. The van der Waals surface area contributed by atoms with E-state index in [1.807, 2.05) is 38.1 Å². The second-order valence-electron chi connectivity index (χ2n) is 10.5. The molecule has 0 aliphatic rings. The van der Waals surface area contributed by atoms with E-state index in [1.54, 1.807) is 12.5 Å². The molecular formula is C28H41N8O6. The quantitative estimate of drug-likeness (QED) is 0.0636. The summed E-state index contributed by atoms with van der Waals surface area (Å²) >= 11 is 0. The first-order valence-corrected chi connectivity index (χ1v) is 13.8. The minimum absolute atomic E-state index is 0.00873. The van der Waals surface area contributed by atoms with E-state index in [1.165, 1.54) is 0 Å². The molecule has 0 aliphatic heterocycles. The van der Waals surface area contributed by atoms with E-state index in [0.29, 0.717) is 13.0 Å². The van der Waals surface area contributed by atoms with Crippen LogP contribution in [0.15, 0.2) is 30.5 Å². The summed E-state index contributed by atoms with van der Waals surface area (Å²) in [5.74, 6) is -3.24. The van der Waals surface area contributed by atoms with Crippen LogP contribution in [0.1, 0.15) is 51.5 Å². The van der Waals surface area contributed by atoms with Gasteiger partial charge in [0.25, 0.3) is 0 Å². The lowest BCUT2D eigenvalue weighted by Gasteiger charge is -2.26. The van der Waals surface area contributed by atoms with Crippen LogP contribution >= 0.6 is 0 Å². The number of amides is 3. The van der Waals surface area contributed by atoms with Gasteiger partial charge < -0.3 is 42.8 Å². The van der Waals surface area contributed by atoms with E-state index in [0.717, 1.165) is 16.5 Å². The van der Waals surface area contributed by atoms with Crippen LogP contribution in [0.3, 0.4) is 0 Å². The molecule has 4 atom stereocenters. The zero-order valence-corrected chi connectivity index (χ0v) is 23.9. The Balaban J connectivity index is 2.21. The standard InChI is InChI=1S/C28H41N8O6/c1-16(2)12-22(26(41)34-18(15-37)6-5-11-32-28(30)31)36-27(42)23(35-25(40)20(29)9-10-24(38)39)13-17-14-33-21-8-4-3-7-19(17)21/h3-4,7-8,14,16,18,20,22-23,33H,5-6,9-13,29H2,1-2H3,(H,34,41)(H,35,40)(H,36,42)(H,38,39)(H4,30,31,32)/t18-,20-,22-,23-/m0/s1. The van der Waals surface area contributed by atoms with Gasteiger partial charge in [-0.3, -0.25) is 29.4 Å². The first-order chi connectivity index (χ1) is 19.9. The number of H-pyrrole nitrogens is 1. The third-order valence-corrected chi connectivity index (χ3v) is 6.52. The zero-order chi connectivity index (χ0) is 31.2. The van der Waals surface area contributed by atoms with Gasteiger partial charge >= 0.3 is 5.97 Å². The maximum absolute atomic E-state index is 13.6. The van der Waals surface area contributed by atoms with Crippen LogP contribution in [0.2, 0.25) is 0 Å². The van der Waals surface area contributed by atoms with Gasteiger partial charge in [0.2, 0.25) is 24.0 Å². The molecule has 1 heterocycles. The summed E-state index contributed by atoms with van der Waals surface area (Å²) in [6.45, 7) is 4.07. The average molecular weight is 586 g/mol. The fraction of sp³-hybridized carbons (Fsp3) is 0.500. The van der Waals surface area contributed by atoms with Gasteiger partial charge in [0, 0.05) is 36.5 Å². The van der Waals surface area contributed by atoms with Crippen molar-refractivity contribution in [1.29, 1.82) is 5.41 Å². The van der Waals surface area contributed by atoms with Crippen LogP contribution in [0.25, 0.3) is 10.9 Å². The van der Waals surface area contributed by atoms with Gasteiger partial charge in [0.15, 0.2) is 5.96 Å². The predicted octanol–water partition coefficient (Wildman–Crippen LogP) is -0.224. The van der Waals surface area contributed by atoms with E-state index in [-0.39, 0.29) is 44.0 Å². The second kappa shape index (κ2) is 16.7. The Morgan fingerprint density at radius 3 is 2.33 bits per heavy atom. The number of nitrogens with two attached hydrogens (primary N) is 2. The summed E-state index contributed by atoms with van der Waals surface area (Å²) in [7, 11) is 0. The zero-order valence-electron chi connectivity index (χ0n) is 23.9. The van der Waals surface area contributed by atoms with Crippen LogP contribution < -0.4 is 32.7 Å². The van der Waals surface area contributed by atoms with Crippen molar-refractivity contribution in [3.8, 4) is 0 Å². The van der Waals surface area contributed by atoms with E-state index in [9.17, 15) is 24.0 Å². The first kappa shape index (κ1) is 33.7. The van der Waals surface area contributed by atoms with Crippen molar-refractivity contribution in [2.75, 3.05) is 6.54 Å². The minimum Gasteiger partial charge on any atom is -0.481 e. The Morgan fingerprint density at radius 2 is 1.69 bits per heavy atom. The highest BCUT2D eigenvalue weighted by molar-refractivity contribution is 5.94. The average Bonchev–Trinajstić information content (AvgIpc) is 3.34. The molecule has 0 aliphatic carbocycles. The minimum atomic E-state index is -1.16. The van der Waals surface area contributed by atoms with Crippen molar-refractivity contribution in [2.24, 2.45) is 17.4 Å². The molecule has 11 N–H and O–H groups in total. The topological polar surface area (TPSA) is 245 Å². The number of aromatic nitrogens is 1. The molecule has 3 amide bonds. The molecule has 2 rings (SSSR count). The fourth-order valence-electron chi connectivity index (χ4n) is 4.36. The lowest BCUT2D eigenvalue weighted by molar-refractivity contribution is -0.137. The normalized spacial score (nSPS) is 13.9. The molecule has 2 aromatic rings. The highest BCUT2D eigenvalue weighted by Gasteiger charge is 2.30. The molecular weight excluding hydrogens is 544 g/mol. The summed E-state index contributed by atoms with van der Waals surface area (Å²) in [6, 6.07) is 3.18. The summed E-state index contributed by atoms with van der Waals surface area (Å²) < 4.78 is 0. The molecule has 0 spiro atoms. The molecule has 14 nitrogen and oxygen atoms in total. The lowest BCUT2D eigenvalue weighted by Crippen LogP contribution is -2.57. The first-order valence-electron chi connectivity index (χ1n) is 13.8. The Morgan fingerprint density at radius 1 is 1.02 bits per heavy atom. The Kier molecular flexibility index (Phi) is 13.4. The van der Waals surface area contributed by atoms with Gasteiger partial charge in [-0.1, -0.05) is 32.0 Å². The molecule has 1 aromatic carbocycles. The number of hydrogen-bond acceptors (Lipinski definition) is 7. The largest absolute Gasteiger partial charge is 0.481 e. The van der Waals surface area contributed by atoms with Gasteiger partial charge in [0.05, 0.1) is 12.1 Å². The van der Waals surface area contributed by atoms with E-state index < -0.39 is 47.9 Å². The lowest BCUT2D eigenvalue weighted by atomic mass is 10.00. The Hall–Kier alpha value is -4.46. The summed E-state index contributed by atoms with van der Waals surface area (Å²) in [5.41, 5.74) is 12.7. The molecule has 1 radical (unpaired) electrons. The van der Waals surface area contributed by atoms with Gasteiger partial charge in [-0.05, 0) is 43.2 Å². The molecule has 42 heavy (non-hydrogen) atoms. The second-order valence-corrected chi connectivity index (χ2v) is 10.5. The van der Waals surface area contributed by atoms with Crippen molar-refractivity contribution in [1.82, 2.24) is 26.3 Å². The number of aromatic amines is 1. The number of rotatable bonds is 18. The fourth-order valence-corrected chi connectivity index (χ4v) is 4.36. The van der Waals surface area contributed by atoms with Crippen LogP contribution in [0, 0.1) is 11.3 Å². The molecule has 0 saturated carbocycles. The molecule has 0 saturated heterocycles. The maximum Gasteiger partial charge on any atom is 0.303 e. The van der Waals surface area contributed by atoms with Crippen molar-refractivity contribution < 1.29 is 29.1 Å². The molecule has 0 bridgehead atoms. The van der Waals surface area contributed by atoms with Crippen molar-refractivity contribution in [3.63, 3.8) is 0 Å². The molecule has 0 fully saturated rings. The number of carbonyl (C=O) groups is 4. The molecule has 14 heteroatoms. The van der Waals surface area contributed by atoms with Crippen LogP contribution in [0.5, 0.6) is 0 Å². The third-order valence-electron chi connectivity index (χ3n) is 6.52. The number of nitrogens with one attached hydrogen (secondary N) is 6. The van der Waals surface area contributed by atoms with Gasteiger partial charge in [-0.15, -0.1) is 0 Å². The monoisotopic (exact) mass is 585 g/mol. The predicted molar refractivity (Wildman–Crippen MR) is 157 cm³/mol. The number of carboxylic acid groups (broad SMARTS) is 1. The maximum atomic E-state index is 13.6. The van der Waals surface area contributed by atoms with E-state index >= 15 is 0 Å². The highest BCUT2D eigenvalue weighted by Crippen LogP contribution is 2.19. The van der Waals surface area contributed by atoms with Gasteiger partial charge in [-0.2, -0.15) is 0 Å². The van der Waals surface area contributed by atoms with Crippen LogP contribution in [-0.4, -0.2) is 76.7 Å². The van der Waals surface area contributed by atoms with Crippen LogP contribution in [0.4, 0.5) is 0 Å². The number of fused-ring (bicyclic) bond motifs is 1.